The number of hydrogen-bond acceptors (Lipinski definition) is 1. The van der Waals surface area contributed by atoms with Crippen LogP contribution in [0, 0.1) is 3.57 Å². The SMILES string of the molecule is O=c1ccc(C(F)(F)F)cn1Cc1ccc(I)cc1. The predicted molar refractivity (Wildman–Crippen MR) is 74.0 cm³/mol. The van der Waals surface area contributed by atoms with Crippen LogP contribution in [0.5, 0.6) is 0 Å². The lowest BCUT2D eigenvalue weighted by molar-refractivity contribution is -0.138. The Bertz CT molecular complexity index is 632. The van der Waals surface area contributed by atoms with Gasteiger partial charge in [0.1, 0.15) is 0 Å². The minimum Gasteiger partial charge on any atom is -0.311 e. The first kappa shape index (κ1) is 14.1. The summed E-state index contributed by atoms with van der Waals surface area (Å²) in [7, 11) is 0. The molecule has 0 saturated carbocycles. The van der Waals surface area contributed by atoms with E-state index in [0.717, 1.165) is 32.0 Å². The fraction of sp³-hybridized carbons (Fsp3) is 0.154. The highest BCUT2D eigenvalue weighted by Crippen LogP contribution is 2.28. The third-order valence-corrected chi connectivity index (χ3v) is 3.30. The largest absolute Gasteiger partial charge is 0.417 e. The lowest BCUT2D eigenvalue weighted by Crippen LogP contribution is -2.21. The molecule has 0 bridgehead atoms. The molecule has 2 aromatic rings. The summed E-state index contributed by atoms with van der Waals surface area (Å²) >= 11 is 2.13. The number of alkyl halides is 3. The van der Waals surface area contributed by atoms with Crippen LogP contribution in [0.3, 0.4) is 0 Å². The van der Waals surface area contributed by atoms with Crippen LogP contribution in [-0.4, -0.2) is 4.57 Å². The molecule has 2 nitrogen and oxygen atoms in total. The fourth-order valence-corrected chi connectivity index (χ4v) is 1.97. The first-order valence-corrected chi connectivity index (χ1v) is 6.46. The van der Waals surface area contributed by atoms with E-state index in [0.29, 0.717) is 0 Å². The molecule has 0 saturated heterocycles. The van der Waals surface area contributed by atoms with Crippen molar-refractivity contribution in [3.05, 3.63) is 67.6 Å². The highest BCUT2D eigenvalue weighted by atomic mass is 127. The Morgan fingerprint density at radius 1 is 1.05 bits per heavy atom. The topological polar surface area (TPSA) is 22.0 Å². The number of hydrogen-bond donors (Lipinski definition) is 0. The molecule has 0 spiro atoms. The summed E-state index contributed by atoms with van der Waals surface area (Å²) in [4.78, 5) is 11.6. The Kier molecular flexibility index (Phi) is 3.98. The molecule has 0 N–H and O–H groups in total. The predicted octanol–water partition coefficient (Wildman–Crippen LogP) is 3.52. The van der Waals surface area contributed by atoms with E-state index in [1.165, 1.54) is 0 Å². The second kappa shape index (κ2) is 5.36. The molecule has 0 fully saturated rings. The molecule has 1 heterocycles. The van der Waals surface area contributed by atoms with E-state index >= 15 is 0 Å². The third kappa shape index (κ3) is 3.59. The second-order valence-electron chi connectivity index (χ2n) is 4.01. The van der Waals surface area contributed by atoms with Crippen LogP contribution in [-0.2, 0) is 12.7 Å². The maximum absolute atomic E-state index is 12.6. The molecule has 0 aliphatic carbocycles. The summed E-state index contributed by atoms with van der Waals surface area (Å²) in [5.41, 5.74) is -0.494. The van der Waals surface area contributed by atoms with Crippen molar-refractivity contribution >= 4 is 22.6 Å². The maximum atomic E-state index is 12.6. The number of halogens is 4. The number of rotatable bonds is 2. The average molecular weight is 379 g/mol. The summed E-state index contributed by atoms with van der Waals surface area (Å²) < 4.78 is 39.8. The Balaban J connectivity index is 2.34. The lowest BCUT2D eigenvalue weighted by atomic mass is 10.2. The Morgan fingerprint density at radius 2 is 1.68 bits per heavy atom. The van der Waals surface area contributed by atoms with E-state index in [1.54, 1.807) is 12.1 Å². The smallest absolute Gasteiger partial charge is 0.311 e. The van der Waals surface area contributed by atoms with Crippen LogP contribution < -0.4 is 5.56 Å². The molecular formula is C13H9F3INO. The molecule has 0 unspecified atom stereocenters. The Morgan fingerprint density at radius 3 is 2.26 bits per heavy atom. The van der Waals surface area contributed by atoms with Crippen molar-refractivity contribution in [2.45, 2.75) is 12.7 Å². The molecule has 0 radical (unpaired) electrons. The van der Waals surface area contributed by atoms with Crippen molar-refractivity contribution < 1.29 is 13.2 Å². The van der Waals surface area contributed by atoms with Crippen molar-refractivity contribution in [2.75, 3.05) is 0 Å². The standard InChI is InChI=1S/C13H9F3INO/c14-13(15,16)10-3-6-12(19)18(8-10)7-9-1-4-11(17)5-2-9/h1-6,8H,7H2. The van der Waals surface area contributed by atoms with E-state index in [-0.39, 0.29) is 6.54 Å². The normalized spacial score (nSPS) is 11.6. The van der Waals surface area contributed by atoms with Crippen LogP contribution in [0.15, 0.2) is 47.4 Å². The monoisotopic (exact) mass is 379 g/mol. The quantitative estimate of drug-likeness (QED) is 0.732. The fourth-order valence-electron chi connectivity index (χ4n) is 1.61. The van der Waals surface area contributed by atoms with Gasteiger partial charge in [-0.25, -0.2) is 0 Å². The Hall–Kier alpha value is -1.31. The van der Waals surface area contributed by atoms with Gasteiger partial charge in [0.05, 0.1) is 12.1 Å². The minimum absolute atomic E-state index is 0.125. The van der Waals surface area contributed by atoms with Gasteiger partial charge in [0.2, 0.25) is 0 Å². The van der Waals surface area contributed by atoms with Crippen LogP contribution in [0.4, 0.5) is 13.2 Å². The van der Waals surface area contributed by atoms with E-state index in [9.17, 15) is 18.0 Å². The summed E-state index contributed by atoms with van der Waals surface area (Å²) in [6, 6.07) is 8.99. The van der Waals surface area contributed by atoms with Crippen LogP contribution in [0.1, 0.15) is 11.1 Å². The second-order valence-corrected chi connectivity index (χ2v) is 5.25. The average Bonchev–Trinajstić information content (AvgIpc) is 2.33. The van der Waals surface area contributed by atoms with Gasteiger partial charge in [-0.2, -0.15) is 13.2 Å². The van der Waals surface area contributed by atoms with Gasteiger partial charge < -0.3 is 4.57 Å². The highest BCUT2D eigenvalue weighted by Gasteiger charge is 2.30. The van der Waals surface area contributed by atoms with Crippen molar-refractivity contribution in [1.29, 1.82) is 0 Å². The number of benzene rings is 1. The molecule has 19 heavy (non-hydrogen) atoms. The van der Waals surface area contributed by atoms with Crippen LogP contribution in [0.25, 0.3) is 0 Å². The number of pyridine rings is 1. The van der Waals surface area contributed by atoms with E-state index in [4.69, 9.17) is 0 Å². The molecule has 1 aromatic heterocycles. The van der Waals surface area contributed by atoms with Gasteiger partial charge in [0.15, 0.2) is 0 Å². The molecule has 100 valence electrons. The zero-order chi connectivity index (χ0) is 14.0. The lowest BCUT2D eigenvalue weighted by Gasteiger charge is -2.10. The molecule has 0 atom stereocenters. The highest BCUT2D eigenvalue weighted by molar-refractivity contribution is 14.1. The molecule has 0 aliphatic heterocycles. The van der Waals surface area contributed by atoms with Gasteiger partial charge in [0.25, 0.3) is 5.56 Å². The molecule has 6 heteroatoms. The number of aromatic nitrogens is 1. The van der Waals surface area contributed by atoms with E-state index in [1.807, 2.05) is 12.1 Å². The summed E-state index contributed by atoms with van der Waals surface area (Å²) in [6.07, 6.45) is -3.60. The molecule has 0 amide bonds. The van der Waals surface area contributed by atoms with Crippen LogP contribution in [0.2, 0.25) is 0 Å². The Labute approximate surface area is 121 Å². The van der Waals surface area contributed by atoms with Crippen molar-refractivity contribution in [1.82, 2.24) is 4.57 Å². The minimum atomic E-state index is -4.44. The first-order chi connectivity index (χ1) is 8.86. The van der Waals surface area contributed by atoms with Gasteiger partial charge in [-0.3, -0.25) is 4.79 Å². The van der Waals surface area contributed by atoms with Crippen molar-refractivity contribution in [3.8, 4) is 0 Å². The molecule has 1 aromatic carbocycles. The van der Waals surface area contributed by atoms with Gasteiger partial charge in [-0.15, -0.1) is 0 Å². The zero-order valence-corrected chi connectivity index (χ0v) is 11.8. The molecule has 2 rings (SSSR count). The third-order valence-electron chi connectivity index (χ3n) is 2.58. The first-order valence-electron chi connectivity index (χ1n) is 5.38. The van der Waals surface area contributed by atoms with Crippen molar-refractivity contribution in [2.24, 2.45) is 0 Å². The van der Waals surface area contributed by atoms with Crippen molar-refractivity contribution in [3.63, 3.8) is 0 Å². The zero-order valence-electron chi connectivity index (χ0n) is 9.62. The maximum Gasteiger partial charge on any atom is 0.417 e. The molecular weight excluding hydrogens is 370 g/mol. The summed E-state index contributed by atoms with van der Waals surface area (Å²) in [5, 5.41) is 0. The number of nitrogens with zero attached hydrogens (tertiary/aromatic N) is 1. The van der Waals surface area contributed by atoms with E-state index < -0.39 is 17.3 Å². The van der Waals surface area contributed by atoms with Crippen LogP contribution >= 0.6 is 22.6 Å². The van der Waals surface area contributed by atoms with Gasteiger partial charge >= 0.3 is 6.18 Å². The summed E-state index contributed by atoms with van der Waals surface area (Å²) in [6.45, 7) is 0.125. The van der Waals surface area contributed by atoms with Gasteiger partial charge in [0, 0.05) is 15.8 Å². The van der Waals surface area contributed by atoms with Gasteiger partial charge in [-0.05, 0) is 46.4 Å². The molecule has 0 aliphatic rings. The van der Waals surface area contributed by atoms with E-state index in [2.05, 4.69) is 22.6 Å². The summed E-state index contributed by atoms with van der Waals surface area (Å²) in [5.74, 6) is 0. The van der Waals surface area contributed by atoms with Gasteiger partial charge in [-0.1, -0.05) is 12.1 Å².